The molecule has 2 fully saturated rings. The van der Waals surface area contributed by atoms with Crippen molar-refractivity contribution in [2.24, 2.45) is 5.92 Å². The number of amides is 1. The normalized spacial score (nSPS) is 22.4. The quantitative estimate of drug-likeness (QED) is 0.646. The van der Waals surface area contributed by atoms with Gasteiger partial charge in [-0.15, -0.1) is 22.7 Å². The average molecular weight is 405 g/mol. The predicted octanol–water partition coefficient (Wildman–Crippen LogP) is 4.85. The van der Waals surface area contributed by atoms with Crippen LogP contribution in [0.25, 0.3) is 0 Å². The van der Waals surface area contributed by atoms with E-state index in [0.717, 1.165) is 29.3 Å². The Kier molecular flexibility index (Phi) is 5.59. The summed E-state index contributed by atoms with van der Waals surface area (Å²) in [7, 11) is 0. The van der Waals surface area contributed by atoms with Crippen LogP contribution in [0.2, 0.25) is 0 Å². The third-order valence-electron chi connectivity index (χ3n) is 5.38. The maximum atomic E-state index is 13.3. The maximum absolute atomic E-state index is 13.3. The fourth-order valence-corrected chi connectivity index (χ4v) is 5.73. The van der Waals surface area contributed by atoms with Crippen molar-refractivity contribution in [3.05, 3.63) is 33.5 Å². The topological polar surface area (TPSA) is 59.5 Å². The molecule has 144 valence electrons. The molecule has 2 aliphatic rings. The zero-order valence-corrected chi connectivity index (χ0v) is 17.1. The van der Waals surface area contributed by atoms with E-state index in [9.17, 15) is 9.59 Å². The van der Waals surface area contributed by atoms with E-state index in [1.165, 1.54) is 30.6 Å². The summed E-state index contributed by atoms with van der Waals surface area (Å²) in [4.78, 5) is 33.4. The van der Waals surface area contributed by atoms with Gasteiger partial charge >= 0.3 is 5.97 Å². The largest absolute Gasteiger partial charge is 0.462 e. The molecule has 2 saturated carbocycles. The lowest BCUT2D eigenvalue weighted by molar-refractivity contribution is -0.120. The molecular formula is C20H24N2O3S2. The molecule has 0 spiro atoms. The first-order valence-electron chi connectivity index (χ1n) is 9.68. The molecule has 27 heavy (non-hydrogen) atoms. The van der Waals surface area contributed by atoms with E-state index in [1.54, 1.807) is 24.5 Å². The van der Waals surface area contributed by atoms with Gasteiger partial charge in [0.25, 0.3) is 0 Å². The summed E-state index contributed by atoms with van der Waals surface area (Å²) in [5.74, 6) is 0.151. The number of carbonyl (C=O) groups excluding carboxylic acids is 2. The monoisotopic (exact) mass is 404 g/mol. The van der Waals surface area contributed by atoms with E-state index in [0.29, 0.717) is 11.5 Å². The molecule has 5 nitrogen and oxygen atoms in total. The van der Waals surface area contributed by atoms with Crippen molar-refractivity contribution < 1.29 is 14.3 Å². The lowest BCUT2D eigenvalue weighted by Crippen LogP contribution is -2.42. The Bertz CT molecular complexity index is 796. The third-order valence-corrected chi connectivity index (χ3v) is 7.35. The number of hydrogen-bond acceptors (Lipinski definition) is 6. The molecule has 2 aromatic rings. The highest BCUT2D eigenvalue weighted by Gasteiger charge is 2.48. The first-order valence-corrected chi connectivity index (χ1v) is 11.4. The van der Waals surface area contributed by atoms with Crippen molar-refractivity contribution >= 4 is 39.7 Å². The van der Waals surface area contributed by atoms with Gasteiger partial charge in [-0.2, -0.15) is 0 Å². The smallest absolute Gasteiger partial charge is 0.348 e. The number of ether oxygens (including phenoxy) is 1. The van der Waals surface area contributed by atoms with E-state index >= 15 is 0 Å². The molecule has 0 aliphatic heterocycles. The van der Waals surface area contributed by atoms with E-state index in [2.05, 4.69) is 4.98 Å². The van der Waals surface area contributed by atoms with Gasteiger partial charge < -0.3 is 4.74 Å². The average Bonchev–Trinajstić information content (AvgIpc) is 3.08. The lowest BCUT2D eigenvalue weighted by Gasteiger charge is -2.32. The summed E-state index contributed by atoms with van der Waals surface area (Å²) in [6.45, 7) is 2.18. The van der Waals surface area contributed by atoms with Crippen LogP contribution >= 0.6 is 22.7 Å². The minimum absolute atomic E-state index is 0.00419. The Labute approximate surface area is 167 Å². The molecule has 2 aromatic heterocycles. The zero-order valence-electron chi connectivity index (χ0n) is 15.4. The molecule has 0 N–H and O–H groups in total. The van der Waals surface area contributed by atoms with Crippen molar-refractivity contribution in [1.82, 2.24) is 4.98 Å². The number of thiazole rings is 1. The second-order valence-electron chi connectivity index (χ2n) is 7.19. The van der Waals surface area contributed by atoms with Gasteiger partial charge in [-0.1, -0.05) is 19.3 Å². The van der Waals surface area contributed by atoms with E-state index < -0.39 is 0 Å². The van der Waals surface area contributed by atoms with Crippen LogP contribution in [-0.4, -0.2) is 29.5 Å². The van der Waals surface area contributed by atoms with Crippen LogP contribution in [0.4, 0.5) is 5.13 Å². The molecule has 0 radical (unpaired) electrons. The molecule has 0 saturated heterocycles. The number of nitrogens with zero attached hydrogens (tertiary/aromatic N) is 2. The van der Waals surface area contributed by atoms with Crippen LogP contribution in [0.15, 0.2) is 23.7 Å². The van der Waals surface area contributed by atoms with Crippen molar-refractivity contribution in [1.29, 1.82) is 0 Å². The zero-order chi connectivity index (χ0) is 18.8. The molecular weight excluding hydrogens is 380 g/mol. The van der Waals surface area contributed by atoms with Crippen molar-refractivity contribution in [2.45, 2.75) is 57.4 Å². The Morgan fingerprint density at radius 1 is 1.26 bits per heavy atom. The minimum atomic E-state index is -0.274. The van der Waals surface area contributed by atoms with E-state index in [-0.39, 0.29) is 29.8 Å². The minimum Gasteiger partial charge on any atom is -0.462 e. The molecule has 0 bridgehead atoms. The highest BCUT2D eigenvalue weighted by atomic mass is 32.1. The van der Waals surface area contributed by atoms with Crippen LogP contribution in [0.3, 0.4) is 0 Å². The Morgan fingerprint density at radius 3 is 2.78 bits per heavy atom. The summed E-state index contributed by atoms with van der Waals surface area (Å²) in [5, 5.41) is 2.77. The molecule has 2 aliphatic carbocycles. The van der Waals surface area contributed by atoms with Gasteiger partial charge in [0.2, 0.25) is 5.91 Å². The number of carbonyl (C=O) groups is 2. The second-order valence-corrected chi connectivity index (χ2v) is 9.17. The van der Waals surface area contributed by atoms with Crippen LogP contribution in [0.1, 0.15) is 65.9 Å². The molecule has 0 aromatic carbocycles. The number of thiophene rings is 1. The van der Waals surface area contributed by atoms with E-state index in [1.807, 2.05) is 22.4 Å². The number of hydrogen-bond donors (Lipinski definition) is 0. The highest BCUT2D eigenvalue weighted by molar-refractivity contribution is 7.14. The van der Waals surface area contributed by atoms with Gasteiger partial charge in [-0.3, -0.25) is 9.69 Å². The first kappa shape index (κ1) is 18.6. The van der Waals surface area contributed by atoms with Crippen molar-refractivity contribution in [3.63, 3.8) is 0 Å². The SMILES string of the molecule is CCOC(=O)c1ccc(C2CC2C(=O)N(c2nccs2)C2CCCCC2)s1. The number of aromatic nitrogens is 1. The summed E-state index contributed by atoms with van der Waals surface area (Å²) >= 11 is 3.00. The molecule has 2 heterocycles. The molecule has 2 unspecified atom stereocenters. The number of anilines is 1. The summed E-state index contributed by atoms with van der Waals surface area (Å²) in [6, 6.07) is 4.07. The Balaban J connectivity index is 1.48. The summed E-state index contributed by atoms with van der Waals surface area (Å²) in [6.07, 6.45) is 8.38. The second kappa shape index (κ2) is 8.10. The summed E-state index contributed by atoms with van der Waals surface area (Å²) < 4.78 is 5.07. The fraction of sp³-hybridized carbons (Fsp3) is 0.550. The van der Waals surface area contributed by atoms with Gasteiger partial charge in [0.05, 0.1) is 6.61 Å². The van der Waals surface area contributed by atoms with Gasteiger partial charge in [0, 0.05) is 34.3 Å². The first-order chi connectivity index (χ1) is 13.2. The lowest BCUT2D eigenvalue weighted by atomic mass is 9.94. The van der Waals surface area contributed by atoms with Crippen molar-refractivity contribution in [3.8, 4) is 0 Å². The van der Waals surface area contributed by atoms with Crippen LogP contribution in [0, 0.1) is 5.92 Å². The third kappa shape index (κ3) is 3.94. The van der Waals surface area contributed by atoms with Crippen LogP contribution in [-0.2, 0) is 9.53 Å². The Hall–Kier alpha value is -1.73. The summed E-state index contributed by atoms with van der Waals surface area (Å²) in [5.41, 5.74) is 0. The highest BCUT2D eigenvalue weighted by Crippen LogP contribution is 2.51. The fourth-order valence-electron chi connectivity index (χ4n) is 3.93. The van der Waals surface area contributed by atoms with Crippen molar-refractivity contribution in [2.75, 3.05) is 11.5 Å². The Morgan fingerprint density at radius 2 is 2.07 bits per heavy atom. The molecule has 4 rings (SSSR count). The van der Waals surface area contributed by atoms with Crippen LogP contribution in [0.5, 0.6) is 0 Å². The van der Waals surface area contributed by atoms with Gasteiger partial charge in [0.1, 0.15) is 4.88 Å². The van der Waals surface area contributed by atoms with E-state index in [4.69, 9.17) is 4.74 Å². The van der Waals surface area contributed by atoms with Gasteiger partial charge in [-0.05, 0) is 38.3 Å². The van der Waals surface area contributed by atoms with Crippen LogP contribution < -0.4 is 4.90 Å². The molecule has 7 heteroatoms. The molecule has 1 amide bonds. The number of esters is 1. The van der Waals surface area contributed by atoms with Gasteiger partial charge in [0.15, 0.2) is 5.13 Å². The predicted molar refractivity (Wildman–Crippen MR) is 108 cm³/mol. The standard InChI is InChI=1S/C20H24N2O3S2/c1-2-25-19(24)17-9-8-16(27-17)14-12-15(14)18(23)22(20-21-10-11-26-20)13-6-4-3-5-7-13/h8-11,13-15H,2-7,12H2,1H3. The number of rotatable bonds is 6. The maximum Gasteiger partial charge on any atom is 0.348 e. The molecule has 2 atom stereocenters. The van der Waals surface area contributed by atoms with Gasteiger partial charge in [-0.25, -0.2) is 9.78 Å².